The third kappa shape index (κ3) is 3.41. The fourth-order valence-electron chi connectivity index (χ4n) is 1.95. The Morgan fingerprint density at radius 1 is 1.47 bits per heavy atom. The van der Waals surface area contributed by atoms with Crippen LogP contribution in [0.3, 0.4) is 0 Å². The number of hydrogen-bond acceptors (Lipinski definition) is 5. The molecular weight excluding hydrogens is 331 g/mol. The van der Waals surface area contributed by atoms with Gasteiger partial charge in [0, 0.05) is 47.2 Å². The Bertz CT molecular complexity index is 390. The molecule has 0 aromatic carbocycles. The number of aromatic nitrogens is 2. The van der Waals surface area contributed by atoms with Gasteiger partial charge in [0.15, 0.2) is 3.83 Å². The third-order valence-electron chi connectivity index (χ3n) is 2.65. The van der Waals surface area contributed by atoms with Gasteiger partial charge in [-0.3, -0.25) is 0 Å². The molecule has 2 rings (SSSR count). The number of hydrogen-bond donors (Lipinski definition) is 1. The van der Waals surface area contributed by atoms with Gasteiger partial charge in [-0.15, -0.1) is 0 Å². The van der Waals surface area contributed by atoms with Crippen molar-refractivity contribution in [3.05, 3.63) is 9.90 Å². The highest BCUT2D eigenvalue weighted by molar-refractivity contribution is 14.1. The second-order valence-electron chi connectivity index (χ2n) is 5.06. The molecule has 1 aromatic heterocycles. The van der Waals surface area contributed by atoms with E-state index in [0.717, 1.165) is 32.1 Å². The number of nitrogen functional groups attached to an aromatic ring is 1. The molecule has 1 aliphatic heterocycles. The molecule has 0 saturated carbocycles. The monoisotopic (exact) mass is 348 g/mol. The first kappa shape index (κ1) is 12.8. The number of ether oxygens (including phenoxy) is 1. The maximum atomic E-state index is 5.76. The molecule has 94 valence electrons. The lowest BCUT2D eigenvalue weighted by Crippen LogP contribution is -2.35. The van der Waals surface area contributed by atoms with Gasteiger partial charge in [-0.2, -0.15) is 0 Å². The molecule has 17 heavy (non-hydrogen) atoms. The minimum Gasteiger partial charge on any atom is -0.384 e. The van der Waals surface area contributed by atoms with Crippen LogP contribution in [0, 0.1) is 9.25 Å². The summed E-state index contributed by atoms with van der Waals surface area (Å²) in [5, 5.41) is 0. The molecule has 0 radical (unpaired) electrons. The second-order valence-corrected chi connectivity index (χ2v) is 6.02. The van der Waals surface area contributed by atoms with E-state index in [1.54, 1.807) is 0 Å². The first-order valence-corrected chi connectivity index (χ1v) is 6.67. The molecule has 2 heterocycles. The normalized spacial score (nSPS) is 20.1. The van der Waals surface area contributed by atoms with Crippen molar-refractivity contribution in [2.24, 2.45) is 5.41 Å². The number of anilines is 2. The molecule has 0 amide bonds. The molecule has 0 atom stereocenters. The van der Waals surface area contributed by atoms with Crippen LogP contribution in [0.25, 0.3) is 0 Å². The molecule has 6 heteroatoms. The highest BCUT2D eigenvalue weighted by Crippen LogP contribution is 2.24. The molecule has 1 saturated heterocycles. The van der Waals surface area contributed by atoms with E-state index in [9.17, 15) is 0 Å². The Labute approximate surface area is 115 Å². The maximum absolute atomic E-state index is 5.76. The standard InChI is InChI=1S/C11H17IN4O/c1-11(2)6-16(3-4-17-7-11)9-5-8(13)14-10(12)15-9/h5H,3-4,6-7H2,1-2H3,(H2,13,14,15). The summed E-state index contributed by atoms with van der Waals surface area (Å²) in [6.07, 6.45) is 0. The molecule has 0 unspecified atom stereocenters. The van der Waals surface area contributed by atoms with Crippen molar-refractivity contribution in [3.8, 4) is 0 Å². The van der Waals surface area contributed by atoms with Crippen molar-refractivity contribution in [2.75, 3.05) is 36.9 Å². The quantitative estimate of drug-likeness (QED) is 0.616. The molecular formula is C11H17IN4O. The van der Waals surface area contributed by atoms with Crippen LogP contribution in [0.1, 0.15) is 13.8 Å². The Balaban J connectivity index is 2.25. The lowest BCUT2D eigenvalue weighted by atomic mass is 9.94. The first-order valence-electron chi connectivity index (χ1n) is 5.59. The maximum Gasteiger partial charge on any atom is 0.194 e. The lowest BCUT2D eigenvalue weighted by molar-refractivity contribution is 0.0893. The highest BCUT2D eigenvalue weighted by atomic mass is 127. The summed E-state index contributed by atoms with van der Waals surface area (Å²) < 4.78 is 6.28. The van der Waals surface area contributed by atoms with Crippen LogP contribution in [-0.2, 0) is 4.74 Å². The van der Waals surface area contributed by atoms with Gasteiger partial charge in [0.05, 0.1) is 13.2 Å². The highest BCUT2D eigenvalue weighted by Gasteiger charge is 2.26. The van der Waals surface area contributed by atoms with E-state index < -0.39 is 0 Å². The molecule has 1 fully saturated rings. The van der Waals surface area contributed by atoms with Gasteiger partial charge in [0.25, 0.3) is 0 Å². The largest absolute Gasteiger partial charge is 0.384 e. The molecule has 0 bridgehead atoms. The lowest BCUT2D eigenvalue weighted by Gasteiger charge is -2.29. The van der Waals surface area contributed by atoms with Crippen LogP contribution in [0.2, 0.25) is 0 Å². The zero-order valence-corrected chi connectivity index (χ0v) is 12.3. The van der Waals surface area contributed by atoms with Gasteiger partial charge < -0.3 is 15.4 Å². The predicted octanol–water partition coefficient (Wildman–Crippen LogP) is 1.53. The van der Waals surface area contributed by atoms with E-state index in [0.29, 0.717) is 9.65 Å². The molecule has 0 spiro atoms. The van der Waals surface area contributed by atoms with Crippen molar-refractivity contribution < 1.29 is 4.74 Å². The van der Waals surface area contributed by atoms with E-state index in [1.165, 1.54) is 0 Å². The van der Waals surface area contributed by atoms with Crippen LogP contribution >= 0.6 is 22.6 Å². The summed E-state index contributed by atoms with van der Waals surface area (Å²) in [7, 11) is 0. The number of rotatable bonds is 1. The number of nitrogens with zero attached hydrogens (tertiary/aromatic N) is 3. The van der Waals surface area contributed by atoms with Crippen molar-refractivity contribution in [1.82, 2.24) is 9.97 Å². The third-order valence-corrected chi connectivity index (χ3v) is 3.13. The van der Waals surface area contributed by atoms with E-state index in [4.69, 9.17) is 10.5 Å². The van der Waals surface area contributed by atoms with E-state index in [-0.39, 0.29) is 5.41 Å². The van der Waals surface area contributed by atoms with E-state index in [1.807, 2.05) is 6.07 Å². The van der Waals surface area contributed by atoms with Gasteiger partial charge in [-0.25, -0.2) is 9.97 Å². The van der Waals surface area contributed by atoms with Crippen molar-refractivity contribution in [2.45, 2.75) is 13.8 Å². The Kier molecular flexibility index (Phi) is 3.72. The van der Waals surface area contributed by atoms with Crippen LogP contribution in [0.15, 0.2) is 6.07 Å². The molecule has 1 aliphatic rings. The summed E-state index contributed by atoms with van der Waals surface area (Å²) in [5.41, 5.74) is 5.89. The van der Waals surface area contributed by atoms with Gasteiger partial charge in [0.2, 0.25) is 0 Å². The number of halogens is 1. The Hall–Kier alpha value is -0.630. The van der Waals surface area contributed by atoms with Gasteiger partial charge >= 0.3 is 0 Å². The fourth-order valence-corrected chi connectivity index (χ4v) is 2.47. The minimum atomic E-state index is 0.127. The zero-order chi connectivity index (χ0) is 12.5. The summed E-state index contributed by atoms with van der Waals surface area (Å²) in [6, 6.07) is 1.82. The van der Waals surface area contributed by atoms with Crippen molar-refractivity contribution in [1.29, 1.82) is 0 Å². The van der Waals surface area contributed by atoms with E-state index >= 15 is 0 Å². The van der Waals surface area contributed by atoms with Crippen LogP contribution in [0.4, 0.5) is 11.6 Å². The smallest absolute Gasteiger partial charge is 0.194 e. The molecule has 0 aliphatic carbocycles. The van der Waals surface area contributed by atoms with Gasteiger partial charge in [0.1, 0.15) is 11.6 Å². The summed E-state index contributed by atoms with van der Waals surface area (Å²) in [4.78, 5) is 10.7. The number of nitrogens with two attached hydrogens (primary N) is 1. The fraction of sp³-hybridized carbons (Fsp3) is 0.636. The van der Waals surface area contributed by atoms with Gasteiger partial charge in [-0.1, -0.05) is 13.8 Å². The van der Waals surface area contributed by atoms with Crippen molar-refractivity contribution >= 4 is 34.2 Å². The topological polar surface area (TPSA) is 64.3 Å². The summed E-state index contributed by atoms with van der Waals surface area (Å²) >= 11 is 2.09. The Morgan fingerprint density at radius 3 is 2.94 bits per heavy atom. The molecule has 2 N–H and O–H groups in total. The predicted molar refractivity (Wildman–Crippen MR) is 76.0 cm³/mol. The minimum absolute atomic E-state index is 0.127. The summed E-state index contributed by atoms with van der Waals surface area (Å²) in [6.45, 7) is 7.65. The summed E-state index contributed by atoms with van der Waals surface area (Å²) in [5.74, 6) is 1.41. The second kappa shape index (κ2) is 4.93. The van der Waals surface area contributed by atoms with Crippen LogP contribution < -0.4 is 10.6 Å². The van der Waals surface area contributed by atoms with Gasteiger partial charge in [-0.05, 0) is 0 Å². The van der Waals surface area contributed by atoms with Crippen LogP contribution in [0.5, 0.6) is 0 Å². The first-order chi connectivity index (χ1) is 7.96. The SMILES string of the molecule is CC1(C)COCCN(c2cc(N)nc(I)n2)C1. The zero-order valence-electron chi connectivity index (χ0n) is 10.1. The molecule has 5 nitrogen and oxygen atoms in total. The van der Waals surface area contributed by atoms with E-state index in [2.05, 4.69) is 51.3 Å². The Morgan fingerprint density at radius 2 is 2.24 bits per heavy atom. The van der Waals surface area contributed by atoms with Crippen LogP contribution in [-0.4, -0.2) is 36.3 Å². The van der Waals surface area contributed by atoms with Crippen molar-refractivity contribution in [3.63, 3.8) is 0 Å². The average molecular weight is 348 g/mol. The molecule has 1 aromatic rings. The average Bonchev–Trinajstić information content (AvgIpc) is 2.37.